The average Bonchev–Trinajstić information content (AvgIpc) is 3.49. The van der Waals surface area contributed by atoms with Crippen LogP contribution in [0.15, 0.2) is 29.2 Å². The number of carbonyl (C=O) groups is 1. The van der Waals surface area contributed by atoms with Gasteiger partial charge in [0.2, 0.25) is 15.9 Å². The highest BCUT2D eigenvalue weighted by atomic mass is 32.2. The minimum absolute atomic E-state index is 0.112. The molecule has 0 spiro atoms. The minimum Gasteiger partial charge on any atom is -0.342 e. The van der Waals surface area contributed by atoms with Gasteiger partial charge >= 0.3 is 0 Å². The molecule has 1 aliphatic heterocycles. The zero-order valence-corrected chi connectivity index (χ0v) is 16.7. The van der Waals surface area contributed by atoms with Crippen LogP contribution in [0.25, 0.3) is 0 Å². The van der Waals surface area contributed by atoms with Crippen molar-refractivity contribution < 1.29 is 13.2 Å². The van der Waals surface area contributed by atoms with Gasteiger partial charge in [0.05, 0.1) is 4.90 Å². The third kappa shape index (κ3) is 4.72. The van der Waals surface area contributed by atoms with Gasteiger partial charge in [-0.25, -0.2) is 13.1 Å². The quantitative estimate of drug-likeness (QED) is 0.812. The van der Waals surface area contributed by atoms with E-state index in [2.05, 4.69) is 9.62 Å². The van der Waals surface area contributed by atoms with E-state index in [9.17, 15) is 13.2 Å². The van der Waals surface area contributed by atoms with Crippen LogP contribution in [0.3, 0.4) is 0 Å². The summed E-state index contributed by atoms with van der Waals surface area (Å²) >= 11 is 0. The summed E-state index contributed by atoms with van der Waals surface area (Å²) in [6.45, 7) is 1.84. The molecule has 1 amide bonds. The summed E-state index contributed by atoms with van der Waals surface area (Å²) in [5.74, 6) is 1.78. The second-order valence-electron chi connectivity index (χ2n) is 8.47. The maximum atomic E-state index is 12.6. The van der Waals surface area contributed by atoms with Crippen molar-refractivity contribution in [1.29, 1.82) is 0 Å². The van der Waals surface area contributed by atoms with E-state index in [1.165, 1.54) is 25.7 Å². The van der Waals surface area contributed by atoms with E-state index in [0.29, 0.717) is 23.7 Å². The minimum atomic E-state index is -3.40. The van der Waals surface area contributed by atoms with E-state index in [-0.39, 0.29) is 11.9 Å². The number of likely N-dealkylation sites (tertiary alicyclic amines) is 1. The van der Waals surface area contributed by atoms with Gasteiger partial charge in [0, 0.05) is 25.6 Å². The number of rotatable bonds is 6. The van der Waals surface area contributed by atoms with Crippen molar-refractivity contribution in [3.05, 3.63) is 29.8 Å². The number of hydrogen-bond acceptors (Lipinski definition) is 3. The number of piperidine rings is 1. The second kappa shape index (κ2) is 7.92. The standard InChI is InChI=1S/C21H30N2O3S/c24-21(23-14-13-17-3-1-2-4-18(17)15-23)12-7-16-5-10-20(11-6-16)27(25,26)22-19-8-9-19/h5-6,10-11,17-19,22H,1-4,7-9,12-15H2. The molecule has 2 saturated carbocycles. The van der Waals surface area contributed by atoms with E-state index in [0.717, 1.165) is 43.8 Å². The fourth-order valence-electron chi connectivity index (χ4n) is 4.56. The molecule has 5 nitrogen and oxygen atoms in total. The van der Waals surface area contributed by atoms with Crippen molar-refractivity contribution in [2.75, 3.05) is 13.1 Å². The Kier molecular flexibility index (Phi) is 5.55. The molecule has 6 heteroatoms. The van der Waals surface area contributed by atoms with Gasteiger partial charge in [0.1, 0.15) is 0 Å². The summed E-state index contributed by atoms with van der Waals surface area (Å²) < 4.78 is 27.1. The molecule has 0 aromatic heterocycles. The van der Waals surface area contributed by atoms with Gasteiger partial charge < -0.3 is 4.90 Å². The van der Waals surface area contributed by atoms with E-state index in [4.69, 9.17) is 0 Å². The highest BCUT2D eigenvalue weighted by Crippen LogP contribution is 2.36. The third-order valence-electron chi connectivity index (χ3n) is 6.40. The maximum absolute atomic E-state index is 12.6. The Labute approximate surface area is 162 Å². The molecule has 0 radical (unpaired) electrons. The van der Waals surface area contributed by atoms with Crippen LogP contribution in [0, 0.1) is 11.8 Å². The highest BCUT2D eigenvalue weighted by molar-refractivity contribution is 7.89. The molecule has 2 atom stereocenters. The normalized spacial score (nSPS) is 25.9. The van der Waals surface area contributed by atoms with Gasteiger partial charge in [-0.3, -0.25) is 4.79 Å². The van der Waals surface area contributed by atoms with Crippen molar-refractivity contribution in [3.63, 3.8) is 0 Å². The van der Waals surface area contributed by atoms with Gasteiger partial charge in [0.25, 0.3) is 0 Å². The predicted molar refractivity (Wildman–Crippen MR) is 105 cm³/mol. The first-order chi connectivity index (χ1) is 13.0. The molecule has 2 unspecified atom stereocenters. The molecular weight excluding hydrogens is 360 g/mol. The van der Waals surface area contributed by atoms with E-state index in [1.807, 2.05) is 12.1 Å². The average molecular weight is 391 g/mol. The fraction of sp³-hybridized carbons (Fsp3) is 0.667. The van der Waals surface area contributed by atoms with Crippen molar-refractivity contribution >= 4 is 15.9 Å². The largest absolute Gasteiger partial charge is 0.342 e. The first-order valence-corrected chi connectivity index (χ1v) is 11.9. The van der Waals surface area contributed by atoms with Crippen LogP contribution in [0.4, 0.5) is 0 Å². The molecule has 3 aliphatic rings. The lowest BCUT2D eigenvalue weighted by atomic mass is 9.75. The Hall–Kier alpha value is -1.40. The van der Waals surface area contributed by atoms with E-state index in [1.54, 1.807) is 12.1 Å². The Morgan fingerprint density at radius 2 is 1.70 bits per heavy atom. The predicted octanol–water partition coefficient (Wildman–Crippen LogP) is 3.10. The second-order valence-corrected chi connectivity index (χ2v) is 10.2. The molecule has 27 heavy (non-hydrogen) atoms. The van der Waals surface area contributed by atoms with Crippen LogP contribution in [0.1, 0.15) is 56.9 Å². The number of amides is 1. The highest BCUT2D eigenvalue weighted by Gasteiger charge is 2.32. The zero-order valence-electron chi connectivity index (χ0n) is 15.9. The first-order valence-electron chi connectivity index (χ1n) is 10.4. The van der Waals surface area contributed by atoms with E-state index < -0.39 is 10.0 Å². The molecule has 1 aromatic carbocycles. The molecule has 148 valence electrons. The smallest absolute Gasteiger partial charge is 0.240 e. The summed E-state index contributed by atoms with van der Waals surface area (Å²) in [4.78, 5) is 15.0. The number of nitrogens with zero attached hydrogens (tertiary/aromatic N) is 1. The lowest BCUT2D eigenvalue weighted by molar-refractivity contribution is -0.134. The summed E-state index contributed by atoms with van der Waals surface area (Å²) in [6.07, 6.45) is 9.48. The SMILES string of the molecule is O=C(CCc1ccc(S(=O)(=O)NC2CC2)cc1)N1CCC2CCCCC2C1. The molecule has 3 fully saturated rings. The Morgan fingerprint density at radius 1 is 1.00 bits per heavy atom. The summed E-state index contributed by atoms with van der Waals surface area (Å²) in [7, 11) is -3.40. The van der Waals surface area contributed by atoms with Crippen LogP contribution in [-0.4, -0.2) is 38.4 Å². The summed E-state index contributed by atoms with van der Waals surface area (Å²) in [5.41, 5.74) is 1.02. The van der Waals surface area contributed by atoms with Crippen molar-refractivity contribution in [1.82, 2.24) is 9.62 Å². The fourth-order valence-corrected chi connectivity index (χ4v) is 5.87. The Morgan fingerprint density at radius 3 is 2.41 bits per heavy atom. The molecule has 0 bridgehead atoms. The number of benzene rings is 1. The van der Waals surface area contributed by atoms with Gasteiger partial charge in [-0.1, -0.05) is 31.4 Å². The van der Waals surface area contributed by atoms with Crippen LogP contribution in [0.2, 0.25) is 0 Å². The lowest BCUT2D eigenvalue weighted by Gasteiger charge is -2.41. The van der Waals surface area contributed by atoms with Crippen molar-refractivity contribution in [3.8, 4) is 0 Å². The van der Waals surface area contributed by atoms with Crippen molar-refractivity contribution in [2.45, 2.75) is 68.7 Å². The number of carbonyl (C=O) groups excluding carboxylic acids is 1. The summed E-state index contributed by atoms with van der Waals surface area (Å²) in [6, 6.07) is 7.08. The number of sulfonamides is 1. The monoisotopic (exact) mass is 390 g/mol. The topological polar surface area (TPSA) is 66.5 Å². The number of fused-ring (bicyclic) bond motifs is 1. The van der Waals surface area contributed by atoms with Crippen LogP contribution in [0.5, 0.6) is 0 Å². The van der Waals surface area contributed by atoms with Gasteiger partial charge in [-0.2, -0.15) is 0 Å². The van der Waals surface area contributed by atoms with Crippen LogP contribution >= 0.6 is 0 Å². The Bertz CT molecular complexity index is 771. The number of nitrogens with one attached hydrogen (secondary N) is 1. The maximum Gasteiger partial charge on any atom is 0.240 e. The number of aryl methyl sites for hydroxylation is 1. The van der Waals surface area contributed by atoms with Crippen LogP contribution < -0.4 is 4.72 Å². The van der Waals surface area contributed by atoms with Gasteiger partial charge in [-0.15, -0.1) is 0 Å². The molecule has 1 heterocycles. The van der Waals surface area contributed by atoms with Gasteiger partial charge in [0.15, 0.2) is 0 Å². The van der Waals surface area contributed by atoms with E-state index >= 15 is 0 Å². The van der Waals surface area contributed by atoms with Crippen LogP contribution in [-0.2, 0) is 21.2 Å². The molecule has 2 aliphatic carbocycles. The lowest BCUT2D eigenvalue weighted by Crippen LogP contribution is -2.44. The van der Waals surface area contributed by atoms with Crippen molar-refractivity contribution in [2.24, 2.45) is 11.8 Å². The zero-order chi connectivity index (χ0) is 18.9. The molecule has 1 aromatic rings. The molecule has 1 N–H and O–H groups in total. The molecule has 4 rings (SSSR count). The van der Waals surface area contributed by atoms with Gasteiger partial charge in [-0.05, 0) is 61.6 Å². The molecular formula is C21H30N2O3S. The first kappa shape index (κ1) is 18.9. The summed E-state index contributed by atoms with van der Waals surface area (Å²) in [5, 5.41) is 0. The number of hydrogen-bond donors (Lipinski definition) is 1. The third-order valence-corrected chi connectivity index (χ3v) is 7.94. The molecule has 1 saturated heterocycles. The Balaban J connectivity index is 1.28.